The molecule has 0 spiro atoms. The first-order chi connectivity index (χ1) is 10.0. The van der Waals surface area contributed by atoms with Crippen LogP contribution in [0.3, 0.4) is 0 Å². The summed E-state index contributed by atoms with van der Waals surface area (Å²) < 4.78 is 0. The highest BCUT2D eigenvalue weighted by Gasteiger charge is 2.12. The Bertz CT molecular complexity index is 714. The van der Waals surface area contributed by atoms with Crippen LogP contribution in [0.5, 0.6) is 0 Å². The average molecular weight is 299 g/mol. The van der Waals surface area contributed by atoms with Gasteiger partial charge < -0.3 is 0 Å². The molecule has 1 heterocycles. The lowest BCUT2D eigenvalue weighted by atomic mass is 10.1. The molecule has 1 aromatic carbocycles. The van der Waals surface area contributed by atoms with Gasteiger partial charge in [0, 0.05) is 7.05 Å². The third kappa shape index (κ3) is 3.59. The molecule has 0 aliphatic carbocycles. The summed E-state index contributed by atoms with van der Waals surface area (Å²) >= 11 is 5.96. The quantitative estimate of drug-likeness (QED) is 0.493. The van der Waals surface area contributed by atoms with E-state index in [1.165, 1.54) is 5.56 Å². The molecular formula is C16H15ClN4. The number of hydrogen-bond donors (Lipinski definition) is 0. The molecule has 2 rings (SSSR count). The standard InChI is InChI=1S/C16H15ClN4/c1-11-4-6-13(7-5-11)10-19-21(3)16-14(9-18)12(2)8-15(17)20-16/h4-8,10H,1-3H3/b19-10+. The van der Waals surface area contributed by atoms with E-state index in [1.807, 2.05) is 38.1 Å². The van der Waals surface area contributed by atoms with Gasteiger partial charge in [0.15, 0.2) is 5.82 Å². The number of aryl methyl sites for hydroxylation is 2. The van der Waals surface area contributed by atoms with Crippen LogP contribution < -0.4 is 5.01 Å². The number of hydrazone groups is 1. The largest absolute Gasteiger partial charge is 0.250 e. The number of halogens is 1. The van der Waals surface area contributed by atoms with Gasteiger partial charge in [0.2, 0.25) is 0 Å². The zero-order valence-corrected chi connectivity index (χ0v) is 12.9. The summed E-state index contributed by atoms with van der Waals surface area (Å²) in [6.07, 6.45) is 1.72. The lowest BCUT2D eigenvalue weighted by Gasteiger charge is -2.14. The Hall–Kier alpha value is -2.38. The Morgan fingerprint density at radius 1 is 1.29 bits per heavy atom. The van der Waals surface area contributed by atoms with Gasteiger partial charge in [-0.05, 0) is 31.0 Å². The number of pyridine rings is 1. The van der Waals surface area contributed by atoms with E-state index in [4.69, 9.17) is 11.6 Å². The third-order valence-electron chi connectivity index (χ3n) is 3.04. The van der Waals surface area contributed by atoms with E-state index in [2.05, 4.69) is 16.2 Å². The van der Waals surface area contributed by atoms with E-state index in [0.29, 0.717) is 16.5 Å². The molecule has 0 bridgehead atoms. The lowest BCUT2D eigenvalue weighted by molar-refractivity contribution is 0.974. The first-order valence-corrected chi connectivity index (χ1v) is 6.80. The lowest BCUT2D eigenvalue weighted by Crippen LogP contribution is -2.13. The summed E-state index contributed by atoms with van der Waals surface area (Å²) in [7, 11) is 1.74. The molecule has 0 fully saturated rings. The van der Waals surface area contributed by atoms with Crippen molar-refractivity contribution in [1.82, 2.24) is 4.98 Å². The van der Waals surface area contributed by atoms with Gasteiger partial charge >= 0.3 is 0 Å². The fourth-order valence-corrected chi connectivity index (χ4v) is 2.09. The van der Waals surface area contributed by atoms with Gasteiger partial charge in [0.1, 0.15) is 11.2 Å². The van der Waals surface area contributed by atoms with Crippen molar-refractivity contribution in [2.75, 3.05) is 12.1 Å². The SMILES string of the molecule is Cc1ccc(/C=N/N(C)c2nc(Cl)cc(C)c2C#N)cc1. The molecule has 0 radical (unpaired) electrons. The number of rotatable bonds is 3. The first kappa shape index (κ1) is 15.0. The topological polar surface area (TPSA) is 52.3 Å². The molecule has 5 heteroatoms. The van der Waals surface area contributed by atoms with Gasteiger partial charge in [-0.2, -0.15) is 10.4 Å². The number of aromatic nitrogens is 1. The van der Waals surface area contributed by atoms with Gasteiger partial charge in [0.05, 0.1) is 11.8 Å². The summed E-state index contributed by atoms with van der Waals surface area (Å²) in [6, 6.07) is 11.8. The second kappa shape index (κ2) is 6.38. The average Bonchev–Trinajstić information content (AvgIpc) is 2.45. The van der Waals surface area contributed by atoms with Gasteiger partial charge in [-0.25, -0.2) is 9.99 Å². The fraction of sp³-hybridized carbons (Fsp3) is 0.188. The third-order valence-corrected chi connectivity index (χ3v) is 3.24. The Morgan fingerprint density at radius 2 is 1.95 bits per heavy atom. The van der Waals surface area contributed by atoms with Gasteiger partial charge in [-0.15, -0.1) is 0 Å². The van der Waals surface area contributed by atoms with E-state index in [-0.39, 0.29) is 0 Å². The van der Waals surface area contributed by atoms with Crippen molar-refractivity contribution in [3.8, 4) is 6.07 Å². The normalized spacial score (nSPS) is 10.6. The molecular weight excluding hydrogens is 284 g/mol. The molecule has 0 unspecified atom stereocenters. The van der Waals surface area contributed by atoms with Crippen LogP contribution in [0.15, 0.2) is 35.4 Å². The van der Waals surface area contributed by atoms with E-state index < -0.39 is 0 Å². The molecule has 0 saturated carbocycles. The smallest absolute Gasteiger partial charge is 0.168 e. The van der Waals surface area contributed by atoms with Crippen molar-refractivity contribution in [3.63, 3.8) is 0 Å². The highest BCUT2D eigenvalue weighted by atomic mass is 35.5. The maximum atomic E-state index is 9.24. The number of hydrogen-bond acceptors (Lipinski definition) is 4. The molecule has 0 saturated heterocycles. The minimum absolute atomic E-state index is 0.346. The van der Waals surface area contributed by atoms with Crippen molar-refractivity contribution in [3.05, 3.63) is 57.7 Å². The maximum Gasteiger partial charge on any atom is 0.168 e. The molecule has 1 aromatic heterocycles. The van der Waals surface area contributed by atoms with Crippen molar-refractivity contribution >= 4 is 23.6 Å². The summed E-state index contributed by atoms with van der Waals surface area (Å²) in [5.74, 6) is 0.450. The van der Waals surface area contributed by atoms with E-state index in [1.54, 1.807) is 24.3 Å². The summed E-state index contributed by atoms with van der Waals surface area (Å²) in [4.78, 5) is 4.19. The van der Waals surface area contributed by atoms with E-state index >= 15 is 0 Å². The summed E-state index contributed by atoms with van der Waals surface area (Å²) in [6.45, 7) is 3.86. The van der Waals surface area contributed by atoms with Crippen LogP contribution in [-0.4, -0.2) is 18.2 Å². The Kier molecular flexibility index (Phi) is 4.56. The molecule has 4 nitrogen and oxygen atoms in total. The van der Waals surface area contributed by atoms with Crippen LogP contribution in [0.2, 0.25) is 5.15 Å². The van der Waals surface area contributed by atoms with Crippen molar-refractivity contribution in [1.29, 1.82) is 5.26 Å². The van der Waals surface area contributed by atoms with Crippen molar-refractivity contribution < 1.29 is 0 Å². The van der Waals surface area contributed by atoms with Crippen molar-refractivity contribution in [2.24, 2.45) is 5.10 Å². The van der Waals surface area contributed by atoms with Crippen molar-refractivity contribution in [2.45, 2.75) is 13.8 Å². The molecule has 0 aliphatic heterocycles. The molecule has 0 N–H and O–H groups in total. The zero-order valence-electron chi connectivity index (χ0n) is 12.1. The number of nitrogens with zero attached hydrogens (tertiary/aromatic N) is 4. The van der Waals surface area contributed by atoms with E-state index in [0.717, 1.165) is 11.1 Å². The molecule has 0 atom stereocenters. The monoisotopic (exact) mass is 298 g/mol. The molecule has 0 amide bonds. The second-order valence-corrected chi connectivity index (χ2v) is 5.14. The first-order valence-electron chi connectivity index (χ1n) is 6.43. The van der Waals surface area contributed by atoms with Crippen LogP contribution in [0.4, 0.5) is 5.82 Å². The van der Waals surface area contributed by atoms with Crippen LogP contribution >= 0.6 is 11.6 Å². The molecule has 0 aliphatic rings. The summed E-state index contributed by atoms with van der Waals surface area (Å²) in [5, 5.41) is 15.5. The fourth-order valence-electron chi connectivity index (χ4n) is 1.85. The van der Waals surface area contributed by atoms with Crippen LogP contribution in [-0.2, 0) is 0 Å². The van der Waals surface area contributed by atoms with Gasteiger partial charge in [-0.1, -0.05) is 41.4 Å². The second-order valence-electron chi connectivity index (χ2n) is 4.75. The van der Waals surface area contributed by atoms with Crippen LogP contribution in [0.25, 0.3) is 0 Å². The van der Waals surface area contributed by atoms with Crippen LogP contribution in [0.1, 0.15) is 22.3 Å². The molecule has 21 heavy (non-hydrogen) atoms. The number of benzene rings is 1. The Labute approximate surface area is 129 Å². The van der Waals surface area contributed by atoms with Crippen LogP contribution in [0, 0.1) is 25.2 Å². The minimum Gasteiger partial charge on any atom is -0.250 e. The zero-order chi connectivity index (χ0) is 15.4. The highest BCUT2D eigenvalue weighted by Crippen LogP contribution is 2.23. The van der Waals surface area contributed by atoms with Gasteiger partial charge in [0.25, 0.3) is 0 Å². The summed E-state index contributed by atoms with van der Waals surface area (Å²) in [5.41, 5.74) is 3.43. The number of anilines is 1. The highest BCUT2D eigenvalue weighted by molar-refractivity contribution is 6.29. The molecule has 2 aromatic rings. The van der Waals surface area contributed by atoms with E-state index in [9.17, 15) is 5.26 Å². The minimum atomic E-state index is 0.346. The maximum absolute atomic E-state index is 9.24. The predicted molar refractivity (Wildman–Crippen MR) is 85.9 cm³/mol. The molecule has 106 valence electrons. The Balaban J connectivity index is 2.30. The Morgan fingerprint density at radius 3 is 2.57 bits per heavy atom. The van der Waals surface area contributed by atoms with Gasteiger partial charge in [-0.3, -0.25) is 0 Å². The number of nitriles is 1. The predicted octanol–water partition coefficient (Wildman–Crippen LogP) is 3.69.